The van der Waals surface area contributed by atoms with E-state index in [0.29, 0.717) is 12.3 Å². The van der Waals surface area contributed by atoms with Crippen molar-refractivity contribution < 1.29 is 4.79 Å². The van der Waals surface area contributed by atoms with E-state index in [4.69, 9.17) is 0 Å². The zero-order valence-electron chi connectivity index (χ0n) is 18.3. The molecule has 164 valence electrons. The van der Waals surface area contributed by atoms with Crippen LogP contribution in [-0.4, -0.2) is 51.0 Å². The van der Waals surface area contributed by atoms with Crippen LogP contribution in [0.3, 0.4) is 0 Å². The lowest BCUT2D eigenvalue weighted by molar-refractivity contribution is -0.118. The van der Waals surface area contributed by atoms with Crippen LogP contribution in [0.4, 0.5) is 0 Å². The molecule has 1 amide bonds. The number of carbonyl (C=O) groups excluding carboxylic acids is 1. The normalized spacial score (nSPS) is 15.3. The highest BCUT2D eigenvalue weighted by molar-refractivity contribution is 7.99. The Balaban J connectivity index is 1.40. The molecule has 4 rings (SSSR count). The van der Waals surface area contributed by atoms with Gasteiger partial charge in [0.1, 0.15) is 5.82 Å². The van der Waals surface area contributed by atoms with Crippen molar-refractivity contribution in [3.05, 3.63) is 57.5 Å². The predicted molar refractivity (Wildman–Crippen MR) is 127 cm³/mol. The monoisotopic (exact) mass is 455 g/mol. The molecule has 1 saturated heterocycles. The highest BCUT2D eigenvalue weighted by Crippen LogP contribution is 2.28. The molecule has 3 aromatic rings. The van der Waals surface area contributed by atoms with E-state index in [-0.39, 0.29) is 11.9 Å². The summed E-state index contributed by atoms with van der Waals surface area (Å²) in [5.41, 5.74) is 3.41. The van der Waals surface area contributed by atoms with E-state index >= 15 is 0 Å². The first-order valence-electron chi connectivity index (χ1n) is 10.7. The van der Waals surface area contributed by atoms with E-state index in [9.17, 15) is 4.79 Å². The van der Waals surface area contributed by atoms with E-state index in [2.05, 4.69) is 70.0 Å². The van der Waals surface area contributed by atoms with Gasteiger partial charge in [0.2, 0.25) is 5.91 Å². The van der Waals surface area contributed by atoms with Crippen molar-refractivity contribution in [1.29, 1.82) is 0 Å². The van der Waals surface area contributed by atoms with Gasteiger partial charge in [-0.2, -0.15) is 0 Å². The molecule has 1 fully saturated rings. The quantitative estimate of drug-likeness (QED) is 0.513. The Morgan fingerprint density at radius 1 is 1.19 bits per heavy atom. The zero-order chi connectivity index (χ0) is 21.8. The number of aryl methyl sites for hydroxylation is 3. The second-order valence-corrected chi connectivity index (χ2v) is 9.94. The minimum atomic E-state index is 0.0268. The maximum absolute atomic E-state index is 12.7. The van der Waals surface area contributed by atoms with E-state index in [1.54, 1.807) is 11.3 Å². The molecule has 2 aromatic heterocycles. The Hall–Kier alpha value is -2.16. The highest BCUT2D eigenvalue weighted by atomic mass is 32.2. The number of amides is 1. The van der Waals surface area contributed by atoms with E-state index in [1.165, 1.54) is 35.0 Å². The summed E-state index contributed by atoms with van der Waals surface area (Å²) >= 11 is 3.20. The van der Waals surface area contributed by atoms with Crippen LogP contribution in [0.1, 0.15) is 40.7 Å². The third kappa shape index (κ3) is 5.19. The van der Waals surface area contributed by atoms with Crippen LogP contribution in [-0.2, 0) is 4.79 Å². The average molecular weight is 456 g/mol. The third-order valence-electron chi connectivity index (χ3n) is 5.68. The summed E-state index contributed by atoms with van der Waals surface area (Å²) in [4.78, 5) is 16.5. The Labute approximate surface area is 192 Å². The lowest BCUT2D eigenvalue weighted by atomic mass is 10.1. The summed E-state index contributed by atoms with van der Waals surface area (Å²) in [7, 11) is 0. The number of likely N-dealkylation sites (tertiary alicyclic amines) is 1. The van der Waals surface area contributed by atoms with Crippen LogP contribution in [0.5, 0.6) is 0 Å². The van der Waals surface area contributed by atoms with E-state index < -0.39 is 0 Å². The Morgan fingerprint density at radius 3 is 2.74 bits per heavy atom. The van der Waals surface area contributed by atoms with Crippen molar-refractivity contribution in [2.75, 3.05) is 25.4 Å². The number of rotatable bonds is 8. The van der Waals surface area contributed by atoms with Gasteiger partial charge in [-0.15, -0.1) is 21.5 Å². The van der Waals surface area contributed by atoms with Crippen LogP contribution in [0.2, 0.25) is 0 Å². The standard InChI is InChI=1S/C23H29N5OS2/c1-16-8-9-17(2)19(13-16)28-18(3)25-26-23(28)31-15-22(29)24-14-20(21-7-6-12-30-21)27-10-4-5-11-27/h6-9,12-13,20H,4-5,10-11,14-15H2,1-3H3,(H,24,29). The fourth-order valence-corrected chi connectivity index (χ4v) is 5.69. The number of hydrogen-bond donors (Lipinski definition) is 1. The zero-order valence-corrected chi connectivity index (χ0v) is 19.9. The van der Waals surface area contributed by atoms with Gasteiger partial charge in [-0.1, -0.05) is 30.0 Å². The SMILES string of the molecule is Cc1ccc(C)c(-n2c(C)nnc2SCC(=O)NCC(c2cccs2)N2CCCC2)c1. The number of aromatic nitrogens is 3. The van der Waals surface area contributed by atoms with Gasteiger partial charge in [-0.3, -0.25) is 14.3 Å². The number of hydrogen-bond acceptors (Lipinski definition) is 6. The van der Waals surface area contributed by atoms with Gasteiger partial charge in [-0.25, -0.2) is 0 Å². The molecule has 31 heavy (non-hydrogen) atoms. The van der Waals surface area contributed by atoms with Crippen molar-refractivity contribution in [1.82, 2.24) is 25.0 Å². The van der Waals surface area contributed by atoms with Gasteiger partial charge in [0, 0.05) is 11.4 Å². The van der Waals surface area contributed by atoms with Crippen molar-refractivity contribution in [2.45, 2.75) is 44.8 Å². The number of carbonyl (C=O) groups is 1. The van der Waals surface area contributed by atoms with Crippen molar-refractivity contribution >= 4 is 29.0 Å². The molecule has 1 N–H and O–H groups in total. The summed E-state index contributed by atoms with van der Waals surface area (Å²) < 4.78 is 2.04. The van der Waals surface area contributed by atoms with Crippen molar-refractivity contribution in [2.24, 2.45) is 0 Å². The smallest absolute Gasteiger partial charge is 0.230 e. The van der Waals surface area contributed by atoms with Crippen LogP contribution in [0, 0.1) is 20.8 Å². The van der Waals surface area contributed by atoms with Crippen LogP contribution >= 0.6 is 23.1 Å². The Kier molecular flexibility index (Phi) is 7.09. The lowest BCUT2D eigenvalue weighted by Gasteiger charge is -2.26. The molecule has 1 aromatic carbocycles. The topological polar surface area (TPSA) is 63.1 Å². The first-order chi connectivity index (χ1) is 15.0. The minimum Gasteiger partial charge on any atom is -0.353 e. The Bertz CT molecular complexity index is 1020. The molecule has 0 bridgehead atoms. The molecule has 1 aliphatic heterocycles. The van der Waals surface area contributed by atoms with Crippen LogP contribution < -0.4 is 5.32 Å². The molecular formula is C23H29N5OS2. The summed E-state index contributed by atoms with van der Waals surface area (Å²) in [6.45, 7) is 8.95. The molecule has 1 atom stereocenters. The number of nitrogens with one attached hydrogen (secondary N) is 1. The number of thioether (sulfide) groups is 1. The molecule has 0 radical (unpaired) electrons. The van der Waals surface area contributed by atoms with Gasteiger partial charge in [0.05, 0.1) is 17.5 Å². The highest BCUT2D eigenvalue weighted by Gasteiger charge is 2.25. The molecule has 0 aliphatic carbocycles. The molecule has 1 aliphatic rings. The fraction of sp³-hybridized carbons (Fsp3) is 0.435. The first kappa shape index (κ1) is 22.0. The van der Waals surface area contributed by atoms with E-state index in [0.717, 1.165) is 35.3 Å². The van der Waals surface area contributed by atoms with Crippen molar-refractivity contribution in [3.8, 4) is 5.69 Å². The maximum atomic E-state index is 12.7. The fourth-order valence-electron chi connectivity index (χ4n) is 4.01. The van der Waals surface area contributed by atoms with E-state index in [1.807, 2.05) is 11.5 Å². The second kappa shape index (κ2) is 9.97. The number of nitrogens with zero attached hydrogens (tertiary/aromatic N) is 4. The lowest BCUT2D eigenvalue weighted by Crippen LogP contribution is -2.37. The van der Waals surface area contributed by atoms with Gasteiger partial charge >= 0.3 is 0 Å². The maximum Gasteiger partial charge on any atom is 0.230 e. The third-order valence-corrected chi connectivity index (χ3v) is 7.58. The molecule has 8 heteroatoms. The summed E-state index contributed by atoms with van der Waals surface area (Å²) in [6, 6.07) is 10.9. The number of thiophene rings is 1. The molecule has 0 saturated carbocycles. The minimum absolute atomic E-state index is 0.0268. The summed E-state index contributed by atoms with van der Waals surface area (Å²) in [6.07, 6.45) is 2.47. The molecule has 3 heterocycles. The summed E-state index contributed by atoms with van der Waals surface area (Å²) in [5, 5.41) is 14.6. The van der Waals surface area contributed by atoms with Gasteiger partial charge in [-0.05, 0) is 75.3 Å². The van der Waals surface area contributed by atoms with Gasteiger partial charge < -0.3 is 5.32 Å². The van der Waals surface area contributed by atoms with Crippen molar-refractivity contribution in [3.63, 3.8) is 0 Å². The average Bonchev–Trinajstić information content (AvgIpc) is 3.52. The van der Waals surface area contributed by atoms with Gasteiger partial charge in [0.15, 0.2) is 5.16 Å². The predicted octanol–water partition coefficient (Wildman–Crippen LogP) is 4.30. The van der Waals surface area contributed by atoms with Crippen LogP contribution in [0.25, 0.3) is 5.69 Å². The summed E-state index contributed by atoms with van der Waals surface area (Å²) in [5.74, 6) is 1.17. The van der Waals surface area contributed by atoms with Crippen LogP contribution in [0.15, 0.2) is 40.9 Å². The molecule has 0 spiro atoms. The largest absolute Gasteiger partial charge is 0.353 e. The first-order valence-corrected chi connectivity index (χ1v) is 12.6. The molecular weight excluding hydrogens is 426 g/mol. The number of benzene rings is 1. The molecule has 6 nitrogen and oxygen atoms in total. The second-order valence-electron chi connectivity index (χ2n) is 8.02. The van der Waals surface area contributed by atoms with Gasteiger partial charge in [0.25, 0.3) is 0 Å². The molecule has 1 unspecified atom stereocenters. The Morgan fingerprint density at radius 2 is 2.00 bits per heavy atom.